The minimum absolute atomic E-state index is 0.219. The number of rotatable bonds is 7. The smallest absolute Gasteiger partial charge is 0.255 e. The molecule has 7 heteroatoms. The molecule has 35 heavy (non-hydrogen) atoms. The first kappa shape index (κ1) is 24.4. The van der Waals surface area contributed by atoms with Gasteiger partial charge in [0.25, 0.3) is 5.91 Å². The van der Waals surface area contributed by atoms with Crippen molar-refractivity contribution in [2.24, 2.45) is 0 Å². The zero-order valence-electron chi connectivity index (χ0n) is 20.2. The predicted molar refractivity (Wildman–Crippen MR) is 139 cm³/mol. The lowest BCUT2D eigenvalue weighted by molar-refractivity contribution is 0.102. The van der Waals surface area contributed by atoms with Gasteiger partial charge in [-0.05, 0) is 60.4 Å². The number of hydrogen-bond donors (Lipinski definition) is 1. The van der Waals surface area contributed by atoms with E-state index in [9.17, 15) is 4.79 Å². The number of aromatic nitrogens is 3. The molecule has 0 spiro atoms. The van der Waals surface area contributed by atoms with Gasteiger partial charge in [-0.15, -0.1) is 0 Å². The molecule has 6 nitrogen and oxygen atoms in total. The molecule has 0 fully saturated rings. The molecule has 2 aromatic heterocycles. The summed E-state index contributed by atoms with van der Waals surface area (Å²) in [5.74, 6) is 1.73. The number of aryl methyl sites for hydroxylation is 2. The average Bonchev–Trinajstić information content (AvgIpc) is 2.86. The molecule has 4 rings (SSSR count). The maximum Gasteiger partial charge on any atom is 0.255 e. The Balaban J connectivity index is 1.63. The van der Waals surface area contributed by atoms with Gasteiger partial charge in [-0.25, -0.2) is 15.0 Å². The van der Waals surface area contributed by atoms with Gasteiger partial charge in [-0.1, -0.05) is 50.6 Å². The molecule has 0 saturated carbocycles. The van der Waals surface area contributed by atoms with E-state index in [-0.39, 0.29) is 5.91 Å². The van der Waals surface area contributed by atoms with Crippen molar-refractivity contribution in [3.63, 3.8) is 0 Å². The highest BCUT2D eigenvalue weighted by atomic mass is 35.5. The van der Waals surface area contributed by atoms with Gasteiger partial charge in [0, 0.05) is 30.1 Å². The van der Waals surface area contributed by atoms with Gasteiger partial charge < -0.3 is 10.1 Å². The van der Waals surface area contributed by atoms with Crippen LogP contribution in [-0.4, -0.2) is 20.9 Å². The Morgan fingerprint density at radius 2 is 1.91 bits per heavy atom. The first-order valence-electron chi connectivity index (χ1n) is 11.5. The summed E-state index contributed by atoms with van der Waals surface area (Å²) in [7, 11) is 0. The van der Waals surface area contributed by atoms with Crippen LogP contribution in [0, 0.1) is 6.92 Å². The number of nitrogens with zero attached hydrogens (tertiary/aromatic N) is 3. The lowest BCUT2D eigenvalue weighted by Crippen LogP contribution is -2.12. The Hall–Kier alpha value is -3.77. The van der Waals surface area contributed by atoms with Gasteiger partial charge in [0.05, 0.1) is 16.3 Å². The number of amides is 1. The molecule has 1 amide bonds. The predicted octanol–water partition coefficient (Wildman–Crippen LogP) is 7.23. The third kappa shape index (κ3) is 5.84. The van der Waals surface area contributed by atoms with E-state index in [1.165, 1.54) is 6.20 Å². The highest BCUT2D eigenvalue weighted by Gasteiger charge is 2.16. The largest absolute Gasteiger partial charge is 0.438 e. The second kappa shape index (κ2) is 10.7. The number of carbonyl (C=O) groups is 1. The van der Waals surface area contributed by atoms with Crippen LogP contribution < -0.4 is 10.1 Å². The van der Waals surface area contributed by atoms with E-state index in [0.717, 1.165) is 16.8 Å². The molecular weight excluding hydrogens is 460 g/mol. The number of pyridine rings is 1. The highest BCUT2D eigenvalue weighted by molar-refractivity contribution is 6.30. The maximum atomic E-state index is 13.0. The molecule has 0 radical (unpaired) electrons. The summed E-state index contributed by atoms with van der Waals surface area (Å²) in [6.07, 6.45) is 3.93. The molecule has 0 unspecified atom stereocenters. The standard InChI is InChI=1S/C28H27ClN4O2/c1-5-26-30-12-11-24(33-26)23-15-21(29)16-31-28(23)35-25-14-20(10-9-18(25)4)27(34)32-22-8-6-7-19(13-22)17(2)3/h6-17H,5H2,1-4H3,(H,32,34). The SMILES string of the molecule is CCc1nccc(-c2cc(Cl)cnc2Oc2cc(C(=O)Nc3cccc(C(C)C)c3)ccc2C)n1. The van der Waals surface area contributed by atoms with Crippen molar-refractivity contribution in [1.82, 2.24) is 15.0 Å². The van der Waals surface area contributed by atoms with Gasteiger partial charge in [0.15, 0.2) is 0 Å². The molecule has 0 aliphatic heterocycles. The molecule has 2 aromatic carbocycles. The first-order valence-corrected chi connectivity index (χ1v) is 11.9. The quantitative estimate of drug-likeness (QED) is 0.298. The van der Waals surface area contributed by atoms with Crippen molar-refractivity contribution in [2.45, 2.75) is 40.0 Å². The van der Waals surface area contributed by atoms with Crippen molar-refractivity contribution in [1.29, 1.82) is 0 Å². The molecule has 0 bridgehead atoms. The molecule has 1 N–H and O–H groups in total. The van der Waals surface area contributed by atoms with Gasteiger partial charge >= 0.3 is 0 Å². The lowest BCUT2D eigenvalue weighted by Gasteiger charge is -2.14. The molecule has 0 aliphatic carbocycles. The fraction of sp³-hybridized carbons (Fsp3) is 0.214. The van der Waals surface area contributed by atoms with Crippen molar-refractivity contribution in [3.05, 3.63) is 94.5 Å². The van der Waals surface area contributed by atoms with Crippen LogP contribution in [0.15, 0.2) is 67.0 Å². The fourth-order valence-electron chi connectivity index (χ4n) is 3.55. The number of ether oxygens (including phenoxy) is 1. The van der Waals surface area contributed by atoms with E-state index in [1.807, 2.05) is 38.1 Å². The number of carbonyl (C=O) groups excluding carboxylic acids is 1. The van der Waals surface area contributed by atoms with Crippen LogP contribution in [0.25, 0.3) is 11.3 Å². The van der Waals surface area contributed by atoms with E-state index in [0.29, 0.717) is 51.6 Å². The molecule has 0 saturated heterocycles. The van der Waals surface area contributed by atoms with Crippen molar-refractivity contribution >= 4 is 23.2 Å². The summed E-state index contributed by atoms with van der Waals surface area (Å²) in [5.41, 5.74) is 4.57. The Morgan fingerprint density at radius 3 is 2.69 bits per heavy atom. The van der Waals surface area contributed by atoms with Crippen LogP contribution in [0.3, 0.4) is 0 Å². The Morgan fingerprint density at radius 1 is 1.09 bits per heavy atom. The van der Waals surface area contributed by atoms with Crippen LogP contribution in [0.1, 0.15) is 54.0 Å². The van der Waals surface area contributed by atoms with Gasteiger partial charge in [0.2, 0.25) is 5.88 Å². The van der Waals surface area contributed by atoms with Crippen molar-refractivity contribution in [2.75, 3.05) is 5.32 Å². The van der Waals surface area contributed by atoms with Crippen molar-refractivity contribution < 1.29 is 9.53 Å². The number of halogens is 1. The zero-order chi connectivity index (χ0) is 24.9. The maximum absolute atomic E-state index is 13.0. The minimum atomic E-state index is -0.219. The zero-order valence-corrected chi connectivity index (χ0v) is 20.9. The molecule has 178 valence electrons. The van der Waals surface area contributed by atoms with E-state index < -0.39 is 0 Å². The Bertz CT molecular complexity index is 1370. The van der Waals surface area contributed by atoms with Crippen LogP contribution in [0.5, 0.6) is 11.6 Å². The van der Waals surface area contributed by atoms with Crippen molar-refractivity contribution in [3.8, 4) is 22.9 Å². The fourth-order valence-corrected chi connectivity index (χ4v) is 3.70. The number of nitrogens with one attached hydrogen (secondary N) is 1. The van der Waals surface area contributed by atoms with Gasteiger partial charge in [-0.2, -0.15) is 0 Å². The van der Waals surface area contributed by atoms with Crippen LogP contribution in [0.4, 0.5) is 5.69 Å². The lowest BCUT2D eigenvalue weighted by atomic mass is 10.0. The molecular formula is C28H27ClN4O2. The van der Waals surface area contributed by atoms with E-state index in [1.54, 1.807) is 30.5 Å². The van der Waals surface area contributed by atoms with Gasteiger partial charge in [0.1, 0.15) is 11.6 Å². The molecule has 0 atom stereocenters. The number of anilines is 1. The highest BCUT2D eigenvalue weighted by Crippen LogP contribution is 2.34. The number of benzene rings is 2. The summed E-state index contributed by atoms with van der Waals surface area (Å²) < 4.78 is 6.20. The second-order valence-corrected chi connectivity index (χ2v) is 8.97. The summed E-state index contributed by atoms with van der Waals surface area (Å²) in [4.78, 5) is 26.2. The summed E-state index contributed by atoms with van der Waals surface area (Å²) >= 11 is 6.23. The first-order chi connectivity index (χ1) is 16.8. The van der Waals surface area contributed by atoms with Crippen LogP contribution >= 0.6 is 11.6 Å². The Labute approximate surface area is 210 Å². The minimum Gasteiger partial charge on any atom is -0.438 e. The van der Waals surface area contributed by atoms with E-state index in [4.69, 9.17) is 16.3 Å². The Kier molecular flexibility index (Phi) is 7.42. The normalized spacial score (nSPS) is 10.9. The van der Waals surface area contributed by atoms with Gasteiger partial charge in [-0.3, -0.25) is 4.79 Å². The van der Waals surface area contributed by atoms with Crippen LogP contribution in [-0.2, 0) is 6.42 Å². The van der Waals surface area contributed by atoms with E-state index >= 15 is 0 Å². The van der Waals surface area contributed by atoms with E-state index in [2.05, 4.69) is 40.2 Å². The third-order valence-electron chi connectivity index (χ3n) is 5.58. The number of hydrogen-bond acceptors (Lipinski definition) is 5. The molecule has 4 aromatic rings. The second-order valence-electron chi connectivity index (χ2n) is 8.53. The van der Waals surface area contributed by atoms with Crippen LogP contribution in [0.2, 0.25) is 5.02 Å². The average molecular weight is 487 g/mol. The third-order valence-corrected chi connectivity index (χ3v) is 5.79. The molecule has 2 heterocycles. The monoisotopic (exact) mass is 486 g/mol. The summed E-state index contributed by atoms with van der Waals surface area (Å²) in [5, 5.41) is 3.45. The summed E-state index contributed by atoms with van der Waals surface area (Å²) in [6, 6.07) is 16.8. The topological polar surface area (TPSA) is 77.0 Å². The molecule has 0 aliphatic rings. The summed E-state index contributed by atoms with van der Waals surface area (Å²) in [6.45, 7) is 8.15.